The summed E-state index contributed by atoms with van der Waals surface area (Å²) in [7, 11) is -3.63. The van der Waals surface area contributed by atoms with Crippen LogP contribution in [0.3, 0.4) is 0 Å². The van der Waals surface area contributed by atoms with E-state index in [1.807, 2.05) is 36.7 Å². The molecule has 136 valence electrons. The van der Waals surface area contributed by atoms with E-state index in [2.05, 4.69) is 41.7 Å². The highest BCUT2D eigenvalue weighted by molar-refractivity contribution is 9.10. The number of nitrogens with zero attached hydrogens (tertiary/aromatic N) is 2. The van der Waals surface area contributed by atoms with Crippen molar-refractivity contribution < 1.29 is 8.42 Å². The van der Waals surface area contributed by atoms with Gasteiger partial charge in [-0.25, -0.2) is 8.42 Å². The molecule has 0 aliphatic heterocycles. The van der Waals surface area contributed by atoms with Crippen LogP contribution < -0.4 is 4.72 Å². The monoisotopic (exact) mass is 497 g/mol. The van der Waals surface area contributed by atoms with Crippen molar-refractivity contribution in [1.82, 2.24) is 9.78 Å². The van der Waals surface area contributed by atoms with Crippen molar-refractivity contribution in [3.63, 3.8) is 0 Å². The third-order valence-corrected chi connectivity index (χ3v) is 7.00. The highest BCUT2D eigenvalue weighted by atomic mass is 79.9. The van der Waals surface area contributed by atoms with E-state index in [-0.39, 0.29) is 4.90 Å². The van der Waals surface area contributed by atoms with Crippen LogP contribution in [-0.4, -0.2) is 18.2 Å². The Morgan fingerprint density at radius 3 is 2.38 bits per heavy atom. The van der Waals surface area contributed by atoms with E-state index in [1.165, 1.54) is 0 Å². The average Bonchev–Trinajstić information content (AvgIpc) is 2.82. The van der Waals surface area contributed by atoms with Gasteiger partial charge in [-0.1, -0.05) is 28.1 Å². The molecule has 5 nitrogen and oxygen atoms in total. The topological polar surface area (TPSA) is 64.0 Å². The Morgan fingerprint density at radius 2 is 1.77 bits per heavy atom. The number of rotatable bonds is 5. The number of hydrogen-bond donors (Lipinski definition) is 1. The molecule has 0 saturated heterocycles. The van der Waals surface area contributed by atoms with Gasteiger partial charge >= 0.3 is 0 Å². The van der Waals surface area contributed by atoms with Crippen LogP contribution in [0.5, 0.6) is 0 Å². The fourth-order valence-corrected chi connectivity index (χ4v) is 4.16. The summed E-state index contributed by atoms with van der Waals surface area (Å²) in [6.07, 6.45) is 0. The van der Waals surface area contributed by atoms with Gasteiger partial charge in [0.05, 0.1) is 27.3 Å². The molecule has 0 fully saturated rings. The van der Waals surface area contributed by atoms with Crippen molar-refractivity contribution in [2.75, 3.05) is 4.72 Å². The summed E-state index contributed by atoms with van der Waals surface area (Å²) in [5.74, 6) is 0. The van der Waals surface area contributed by atoms with Crippen LogP contribution in [-0.2, 0) is 16.6 Å². The van der Waals surface area contributed by atoms with Crippen molar-refractivity contribution >= 4 is 47.6 Å². The molecule has 1 heterocycles. The Balaban J connectivity index is 1.83. The number of aromatic nitrogens is 2. The second-order valence-electron chi connectivity index (χ2n) is 5.90. The van der Waals surface area contributed by atoms with E-state index >= 15 is 0 Å². The van der Waals surface area contributed by atoms with Crippen molar-refractivity contribution in [2.45, 2.75) is 25.3 Å². The molecule has 8 heteroatoms. The maximum absolute atomic E-state index is 12.5. The Labute approximate surface area is 169 Å². The fraction of sp³-hybridized carbons (Fsp3) is 0.167. The zero-order valence-electron chi connectivity index (χ0n) is 14.2. The Bertz CT molecular complexity index is 1040. The quantitative estimate of drug-likeness (QED) is 0.545. The molecule has 3 rings (SSSR count). The van der Waals surface area contributed by atoms with E-state index in [4.69, 9.17) is 0 Å². The van der Waals surface area contributed by atoms with Gasteiger partial charge in [-0.15, -0.1) is 0 Å². The summed E-state index contributed by atoms with van der Waals surface area (Å²) >= 11 is 6.83. The van der Waals surface area contributed by atoms with Crippen LogP contribution in [0.25, 0.3) is 0 Å². The van der Waals surface area contributed by atoms with Gasteiger partial charge in [0, 0.05) is 10.2 Å². The lowest BCUT2D eigenvalue weighted by Gasteiger charge is -2.10. The Hall–Kier alpha value is -1.64. The predicted octanol–water partition coefficient (Wildman–Crippen LogP) is 4.87. The summed E-state index contributed by atoms with van der Waals surface area (Å²) in [5.41, 5.74) is 3.43. The summed E-state index contributed by atoms with van der Waals surface area (Å²) in [5, 5.41) is 4.49. The number of aryl methyl sites for hydroxylation is 1. The lowest BCUT2D eigenvalue weighted by atomic mass is 10.2. The maximum atomic E-state index is 12.5. The standard InChI is InChI=1S/C18H17Br2N3O2S/c1-12-18(20)13(2)23(21-12)11-14-4-3-5-16(10-14)22-26(24,25)17-8-6-15(19)7-9-17/h3-10,22H,11H2,1-2H3. The van der Waals surface area contributed by atoms with E-state index in [0.29, 0.717) is 12.2 Å². The molecule has 0 radical (unpaired) electrons. The van der Waals surface area contributed by atoms with Crippen LogP contribution >= 0.6 is 31.9 Å². The lowest BCUT2D eigenvalue weighted by molar-refractivity contribution is 0.601. The number of hydrogen-bond acceptors (Lipinski definition) is 3. The zero-order chi connectivity index (χ0) is 18.9. The summed E-state index contributed by atoms with van der Waals surface area (Å²) < 4.78 is 31.4. The number of benzene rings is 2. The van der Waals surface area contributed by atoms with Crippen molar-refractivity contribution in [3.8, 4) is 0 Å². The van der Waals surface area contributed by atoms with Gasteiger partial charge in [0.15, 0.2) is 0 Å². The van der Waals surface area contributed by atoms with Crippen molar-refractivity contribution in [3.05, 3.63) is 74.4 Å². The molecule has 1 N–H and O–H groups in total. The minimum Gasteiger partial charge on any atom is -0.280 e. The van der Waals surface area contributed by atoms with E-state index in [9.17, 15) is 8.42 Å². The molecule has 0 aliphatic carbocycles. The van der Waals surface area contributed by atoms with Gasteiger partial charge in [-0.3, -0.25) is 9.40 Å². The van der Waals surface area contributed by atoms with Gasteiger partial charge in [-0.05, 0) is 71.7 Å². The highest BCUT2D eigenvalue weighted by Gasteiger charge is 2.14. The number of halogens is 2. The summed E-state index contributed by atoms with van der Waals surface area (Å²) in [6, 6.07) is 13.8. The first-order valence-corrected chi connectivity index (χ1v) is 10.9. The first kappa shape index (κ1) is 19.1. The molecular formula is C18H17Br2N3O2S. The normalized spacial score (nSPS) is 11.5. The molecule has 2 aromatic carbocycles. The number of sulfonamides is 1. The molecule has 0 atom stereocenters. The second kappa shape index (κ2) is 7.54. The molecule has 0 unspecified atom stereocenters. The van der Waals surface area contributed by atoms with Crippen LogP contribution in [0.4, 0.5) is 5.69 Å². The smallest absolute Gasteiger partial charge is 0.261 e. The van der Waals surface area contributed by atoms with Crippen LogP contribution in [0.15, 0.2) is 62.4 Å². The van der Waals surface area contributed by atoms with Crippen molar-refractivity contribution in [2.24, 2.45) is 0 Å². The predicted molar refractivity (Wildman–Crippen MR) is 110 cm³/mol. The largest absolute Gasteiger partial charge is 0.280 e. The van der Waals surface area contributed by atoms with Gasteiger partial charge in [0.1, 0.15) is 0 Å². The van der Waals surface area contributed by atoms with E-state index in [0.717, 1.165) is 25.9 Å². The third kappa shape index (κ3) is 4.19. The molecular weight excluding hydrogens is 482 g/mol. The molecule has 0 spiro atoms. The van der Waals surface area contributed by atoms with Crippen LogP contribution in [0.1, 0.15) is 17.0 Å². The molecule has 3 aromatic rings. The Kier molecular flexibility index (Phi) is 5.55. The molecule has 0 amide bonds. The summed E-state index contributed by atoms with van der Waals surface area (Å²) in [4.78, 5) is 0.216. The number of anilines is 1. The second-order valence-corrected chi connectivity index (χ2v) is 9.29. The third-order valence-electron chi connectivity index (χ3n) is 3.93. The van der Waals surface area contributed by atoms with Gasteiger partial charge in [0.2, 0.25) is 0 Å². The maximum Gasteiger partial charge on any atom is 0.261 e. The van der Waals surface area contributed by atoms with E-state index < -0.39 is 10.0 Å². The zero-order valence-corrected chi connectivity index (χ0v) is 18.2. The van der Waals surface area contributed by atoms with E-state index in [1.54, 1.807) is 30.3 Å². The van der Waals surface area contributed by atoms with Gasteiger partial charge in [-0.2, -0.15) is 5.10 Å². The molecule has 0 aliphatic rings. The van der Waals surface area contributed by atoms with Crippen LogP contribution in [0, 0.1) is 13.8 Å². The van der Waals surface area contributed by atoms with Gasteiger partial charge < -0.3 is 0 Å². The lowest BCUT2D eigenvalue weighted by Crippen LogP contribution is -2.13. The number of nitrogens with one attached hydrogen (secondary N) is 1. The molecule has 0 saturated carbocycles. The fourth-order valence-electron chi connectivity index (χ4n) is 2.56. The first-order chi connectivity index (χ1) is 12.3. The highest BCUT2D eigenvalue weighted by Crippen LogP contribution is 2.22. The van der Waals surface area contributed by atoms with Gasteiger partial charge in [0.25, 0.3) is 10.0 Å². The average molecular weight is 499 g/mol. The SMILES string of the molecule is Cc1nn(Cc2cccc(NS(=O)(=O)c3ccc(Br)cc3)c2)c(C)c1Br. The minimum absolute atomic E-state index is 0.216. The minimum atomic E-state index is -3.63. The molecule has 0 bridgehead atoms. The Morgan fingerprint density at radius 1 is 1.08 bits per heavy atom. The molecule has 26 heavy (non-hydrogen) atoms. The summed E-state index contributed by atoms with van der Waals surface area (Å²) in [6.45, 7) is 4.49. The molecule has 1 aromatic heterocycles. The van der Waals surface area contributed by atoms with Crippen molar-refractivity contribution in [1.29, 1.82) is 0 Å². The first-order valence-electron chi connectivity index (χ1n) is 7.83. The van der Waals surface area contributed by atoms with Crippen LogP contribution in [0.2, 0.25) is 0 Å².